The smallest absolute Gasteiger partial charge is 0.225 e. The van der Waals surface area contributed by atoms with E-state index in [1.54, 1.807) is 34.8 Å². The quantitative estimate of drug-likeness (QED) is 0.166. The molecule has 4 unspecified atom stereocenters. The second kappa shape index (κ2) is 18.7. The van der Waals surface area contributed by atoms with Crippen LogP contribution < -0.4 is 29.2 Å². The molecule has 6 aliphatic rings. The highest BCUT2D eigenvalue weighted by Gasteiger charge is 2.58. The molecule has 2 aromatic carbocycles. The number of imidazole rings is 1. The van der Waals surface area contributed by atoms with Gasteiger partial charge in [-0.25, -0.2) is 9.97 Å². The Morgan fingerprint density at radius 2 is 1.55 bits per heavy atom. The number of pyridine rings is 1. The Bertz CT molecular complexity index is 2190. The third-order valence-corrected chi connectivity index (χ3v) is 14.4. The lowest BCUT2D eigenvalue weighted by Crippen LogP contribution is -2.63. The Morgan fingerprint density at radius 3 is 2.24 bits per heavy atom. The fourth-order valence-corrected chi connectivity index (χ4v) is 11.3. The maximum atomic E-state index is 15.1. The highest BCUT2D eigenvalue weighted by Crippen LogP contribution is 2.59. The number of ether oxygens (including phenoxy) is 4. The third kappa shape index (κ3) is 7.71. The number of anilines is 1. The summed E-state index contributed by atoms with van der Waals surface area (Å²) in [6.07, 6.45) is 9.87. The van der Waals surface area contributed by atoms with Gasteiger partial charge < -0.3 is 43.5 Å². The number of nitrogens with one attached hydrogen (secondary N) is 1. The number of likely N-dealkylation sites (N-methyl/N-ethyl adjacent to an activating group) is 1. The van der Waals surface area contributed by atoms with Gasteiger partial charge in [-0.3, -0.25) is 14.5 Å². The van der Waals surface area contributed by atoms with Crippen molar-refractivity contribution in [2.24, 2.45) is 11.8 Å². The number of hydrogen-bond donors (Lipinski definition) is 1. The average molecular weight is 851 g/mol. The molecule has 5 aliphatic heterocycles. The van der Waals surface area contributed by atoms with Crippen molar-refractivity contribution in [3.05, 3.63) is 65.1 Å². The molecule has 4 atom stereocenters. The van der Waals surface area contributed by atoms with Crippen molar-refractivity contribution in [2.75, 3.05) is 92.7 Å². The van der Waals surface area contributed by atoms with E-state index in [1.165, 1.54) is 11.1 Å². The average Bonchev–Trinajstić information content (AvgIpc) is 3.82. The molecule has 0 aromatic heterocycles. The van der Waals surface area contributed by atoms with Crippen LogP contribution in [0.2, 0.25) is 0 Å². The molecule has 0 radical (unpaired) electrons. The summed E-state index contributed by atoms with van der Waals surface area (Å²) in [6.45, 7) is 10.9. The van der Waals surface area contributed by atoms with E-state index >= 15 is 4.79 Å². The number of aryl methyl sites for hydroxylation is 1. The number of piperazine rings is 1. The van der Waals surface area contributed by atoms with E-state index in [1.807, 2.05) is 7.05 Å². The molecule has 14 nitrogen and oxygen atoms in total. The van der Waals surface area contributed by atoms with E-state index < -0.39 is 5.54 Å². The van der Waals surface area contributed by atoms with E-state index in [0.717, 1.165) is 80.3 Å². The van der Waals surface area contributed by atoms with Crippen molar-refractivity contribution >= 4 is 17.5 Å². The Morgan fingerprint density at radius 1 is 0.855 bits per heavy atom. The first-order valence-electron chi connectivity index (χ1n) is 22.8. The van der Waals surface area contributed by atoms with E-state index in [4.69, 9.17) is 18.9 Å². The first-order valence-corrected chi connectivity index (χ1v) is 22.8. The van der Waals surface area contributed by atoms with Gasteiger partial charge in [0, 0.05) is 82.9 Å². The standard InChI is InChI=1S/C48H66N8O6/c1-8-10-18-54-20-15-38(44-46(54)51-31-50-44)53-22-24-55(25-23-53)47(58)34-11-16-48(36-30-42(62-7)40(60-5)28-33(36)14-21-56(48)43(57)12-17-49-3)37(26-34)45-35-29-41(61-6)39(59-4)27-32(35)13-19-52(45)9-2/h15,20,27-31,34,37,45,49H,8-14,16-19,21-26H2,1-7H3. The van der Waals surface area contributed by atoms with Gasteiger partial charge in [0.15, 0.2) is 28.8 Å². The molecule has 8 rings (SSSR count). The van der Waals surface area contributed by atoms with Crippen LogP contribution in [0.1, 0.15) is 80.7 Å². The third-order valence-electron chi connectivity index (χ3n) is 14.4. The van der Waals surface area contributed by atoms with Gasteiger partial charge in [-0.15, -0.1) is 0 Å². The monoisotopic (exact) mass is 851 g/mol. The number of nitrogens with zero attached hydrogens (tertiary/aromatic N) is 7. The maximum absolute atomic E-state index is 15.1. The van der Waals surface area contributed by atoms with Gasteiger partial charge in [0.05, 0.1) is 39.7 Å². The Hall–Kier alpha value is -5.08. The first-order chi connectivity index (χ1) is 30.2. The molecule has 1 spiro atoms. The fraction of sp³-hybridized carbons (Fsp3) is 0.583. The number of benzene rings is 2. The van der Waals surface area contributed by atoms with Crippen LogP contribution in [0.4, 0.5) is 5.69 Å². The summed E-state index contributed by atoms with van der Waals surface area (Å²) in [5, 5.41) is 3.22. The number of fused-ring (bicyclic) bond motifs is 4. The Kier molecular flexibility index (Phi) is 13.2. The molecule has 334 valence electrons. The lowest BCUT2D eigenvalue weighted by atomic mass is 9.58. The molecule has 1 N–H and O–H groups in total. The van der Waals surface area contributed by atoms with E-state index in [0.29, 0.717) is 81.3 Å². The number of methoxy groups -OCH3 is 4. The van der Waals surface area contributed by atoms with Crippen LogP contribution in [-0.2, 0) is 34.5 Å². The highest BCUT2D eigenvalue weighted by molar-refractivity contribution is 5.81. The van der Waals surface area contributed by atoms with Gasteiger partial charge in [-0.1, -0.05) is 20.3 Å². The van der Waals surface area contributed by atoms with Crippen LogP contribution >= 0.6 is 0 Å². The van der Waals surface area contributed by atoms with Crippen molar-refractivity contribution < 1.29 is 28.5 Å². The van der Waals surface area contributed by atoms with Crippen molar-refractivity contribution in [3.63, 3.8) is 0 Å². The molecule has 1 aliphatic carbocycles. The lowest BCUT2D eigenvalue weighted by Gasteiger charge is -2.59. The Labute approximate surface area is 367 Å². The molecule has 2 amide bonds. The van der Waals surface area contributed by atoms with Crippen LogP contribution in [-0.4, -0.2) is 129 Å². The molecule has 2 fully saturated rings. The predicted octanol–water partition coefficient (Wildman–Crippen LogP) is 5.79. The number of carbonyl (C=O) groups excluding carboxylic acids is 2. The minimum atomic E-state index is -0.722. The second-order valence-corrected chi connectivity index (χ2v) is 17.4. The zero-order valence-corrected chi connectivity index (χ0v) is 37.9. The largest absolute Gasteiger partial charge is 0.493 e. The summed E-state index contributed by atoms with van der Waals surface area (Å²) in [6, 6.07) is 10.6. The van der Waals surface area contributed by atoms with E-state index in [9.17, 15) is 4.79 Å². The van der Waals surface area contributed by atoms with Crippen LogP contribution in [0.5, 0.6) is 23.0 Å². The zero-order valence-electron chi connectivity index (χ0n) is 37.9. The van der Waals surface area contributed by atoms with Gasteiger partial charge in [0.25, 0.3) is 0 Å². The van der Waals surface area contributed by atoms with Gasteiger partial charge in [0.1, 0.15) is 12.0 Å². The number of amides is 2. The summed E-state index contributed by atoms with van der Waals surface area (Å²) in [4.78, 5) is 48.4. The first kappa shape index (κ1) is 43.6. The number of aromatic nitrogens is 3. The number of rotatable bonds is 14. The van der Waals surface area contributed by atoms with Gasteiger partial charge in [-0.05, 0) is 105 Å². The summed E-state index contributed by atoms with van der Waals surface area (Å²) >= 11 is 0. The van der Waals surface area contributed by atoms with Crippen molar-refractivity contribution in [1.29, 1.82) is 0 Å². The molecular weight excluding hydrogens is 785 g/mol. The number of carbonyl (C=O) groups is 2. The van der Waals surface area contributed by atoms with Crippen molar-refractivity contribution in [3.8, 4) is 34.5 Å². The summed E-state index contributed by atoms with van der Waals surface area (Å²) in [5.41, 5.74) is 5.94. The van der Waals surface area contributed by atoms with Gasteiger partial charge in [-0.2, -0.15) is 0 Å². The highest BCUT2D eigenvalue weighted by atomic mass is 16.5. The van der Waals surface area contributed by atoms with Crippen LogP contribution in [0.3, 0.4) is 0 Å². The number of unbranched alkanes of at least 4 members (excludes halogenated alkanes) is 1. The topological polar surface area (TPSA) is 127 Å². The molecule has 5 heterocycles. The fourth-order valence-electron chi connectivity index (χ4n) is 11.3. The SMILES string of the molecule is CCCCn1ccc(N2CCN(C(=O)C3CCC4(c5cc(OC)c(OC)cc5CCN4C(=O)CCNC)C(C4c5cc(OC)c(OC)cc5CCN4CC)C3)CC2)c2ncnc1-2. The van der Waals surface area contributed by atoms with E-state index in [2.05, 4.69) is 89.8 Å². The Balaban J connectivity index is 1.18. The second-order valence-electron chi connectivity index (χ2n) is 17.4. The van der Waals surface area contributed by atoms with E-state index in [-0.39, 0.29) is 29.7 Å². The summed E-state index contributed by atoms with van der Waals surface area (Å²) in [7, 11) is 8.62. The van der Waals surface area contributed by atoms with Crippen LogP contribution in [0, 0.1) is 11.8 Å². The maximum Gasteiger partial charge on any atom is 0.225 e. The predicted molar refractivity (Wildman–Crippen MR) is 240 cm³/mol. The lowest BCUT2D eigenvalue weighted by molar-refractivity contribution is -0.153. The molecule has 1 saturated heterocycles. The molecule has 2 aromatic rings. The van der Waals surface area contributed by atoms with Gasteiger partial charge in [0.2, 0.25) is 11.8 Å². The molecule has 62 heavy (non-hydrogen) atoms. The van der Waals surface area contributed by atoms with Crippen molar-refractivity contribution in [1.82, 2.24) is 34.6 Å². The molecule has 0 bridgehead atoms. The normalized spacial score (nSPS) is 22.7. The van der Waals surface area contributed by atoms with Crippen LogP contribution in [0.15, 0.2) is 42.9 Å². The van der Waals surface area contributed by atoms with Crippen molar-refractivity contribution in [2.45, 2.75) is 83.3 Å². The zero-order chi connectivity index (χ0) is 43.5. The molecular formula is C48H66N8O6. The summed E-state index contributed by atoms with van der Waals surface area (Å²) in [5.74, 6) is 3.60. The molecule has 14 heteroatoms. The summed E-state index contributed by atoms with van der Waals surface area (Å²) < 4.78 is 25.8. The molecule has 1 saturated carbocycles. The van der Waals surface area contributed by atoms with Gasteiger partial charge >= 0.3 is 0 Å². The minimum Gasteiger partial charge on any atom is -0.493 e. The van der Waals surface area contributed by atoms with Crippen LogP contribution in [0.25, 0.3) is 11.5 Å². The number of hydrogen-bond acceptors (Lipinski definition) is 11. The minimum absolute atomic E-state index is 0.110.